The number of nitrogens with zero attached hydrogens (tertiary/aromatic N) is 2. The molecule has 1 aromatic rings. The number of rotatable bonds is 5. The van der Waals surface area contributed by atoms with Gasteiger partial charge in [0.25, 0.3) is 0 Å². The quantitative estimate of drug-likeness (QED) is 0.846. The molecule has 4 nitrogen and oxygen atoms in total. The number of nitrogens with two attached hydrogens (primary N) is 1. The van der Waals surface area contributed by atoms with Gasteiger partial charge in [-0.1, -0.05) is 11.6 Å². The largest absolute Gasteiger partial charge is 0.397 e. The first-order valence-corrected chi connectivity index (χ1v) is 6.51. The Morgan fingerprint density at radius 2 is 1.95 bits per heavy atom. The van der Waals surface area contributed by atoms with E-state index < -0.39 is 5.82 Å². The van der Waals surface area contributed by atoms with Gasteiger partial charge in [0.15, 0.2) is 0 Å². The molecule has 0 bridgehead atoms. The molecule has 0 unspecified atom stereocenters. The summed E-state index contributed by atoms with van der Waals surface area (Å²) in [5.74, 6) is -0.571. The molecule has 0 radical (unpaired) electrons. The maximum atomic E-state index is 13.2. The number of amides is 1. The van der Waals surface area contributed by atoms with Crippen LogP contribution in [0, 0.1) is 5.82 Å². The summed E-state index contributed by atoms with van der Waals surface area (Å²) in [5, 5.41) is -0.00802. The standard InChI is InChI=1S/C13H19ClFN3O/c1-4-18(5-2)13(19)8-17(3)12-6-9(14)10(15)7-11(12)16/h6-7H,4-5,8,16H2,1-3H3. The number of carbonyl (C=O) groups is 1. The molecule has 0 fully saturated rings. The van der Waals surface area contributed by atoms with Crippen molar-refractivity contribution in [1.29, 1.82) is 0 Å². The van der Waals surface area contributed by atoms with E-state index in [1.54, 1.807) is 16.8 Å². The molecular formula is C13H19ClFN3O. The molecule has 0 aliphatic rings. The fraction of sp³-hybridized carbons (Fsp3) is 0.462. The maximum Gasteiger partial charge on any atom is 0.242 e. The lowest BCUT2D eigenvalue weighted by atomic mass is 10.2. The van der Waals surface area contributed by atoms with Crippen molar-refractivity contribution in [1.82, 2.24) is 4.90 Å². The van der Waals surface area contributed by atoms with Gasteiger partial charge in [0.05, 0.1) is 22.9 Å². The van der Waals surface area contributed by atoms with E-state index in [4.69, 9.17) is 17.3 Å². The summed E-state index contributed by atoms with van der Waals surface area (Å²) in [6, 6.07) is 2.60. The van der Waals surface area contributed by atoms with Gasteiger partial charge in [0.2, 0.25) is 5.91 Å². The fourth-order valence-electron chi connectivity index (χ4n) is 1.85. The van der Waals surface area contributed by atoms with Crippen molar-refractivity contribution in [2.24, 2.45) is 0 Å². The van der Waals surface area contributed by atoms with Crippen LogP contribution in [0.1, 0.15) is 13.8 Å². The molecular weight excluding hydrogens is 269 g/mol. The summed E-state index contributed by atoms with van der Waals surface area (Å²) >= 11 is 5.73. The van der Waals surface area contributed by atoms with E-state index in [-0.39, 0.29) is 23.2 Å². The molecule has 0 aromatic heterocycles. The highest BCUT2D eigenvalue weighted by Gasteiger charge is 2.16. The van der Waals surface area contributed by atoms with E-state index in [0.29, 0.717) is 18.8 Å². The fourth-order valence-corrected chi connectivity index (χ4v) is 2.00. The Morgan fingerprint density at radius 3 is 2.47 bits per heavy atom. The number of halogens is 2. The topological polar surface area (TPSA) is 49.6 Å². The van der Waals surface area contributed by atoms with Crippen LogP contribution in [0.2, 0.25) is 5.02 Å². The summed E-state index contributed by atoms with van der Waals surface area (Å²) in [6.07, 6.45) is 0. The molecule has 2 N–H and O–H groups in total. The third-order valence-electron chi connectivity index (χ3n) is 2.97. The maximum absolute atomic E-state index is 13.2. The molecule has 1 aromatic carbocycles. The molecule has 0 spiro atoms. The number of carbonyl (C=O) groups excluding carboxylic acids is 1. The van der Waals surface area contributed by atoms with Crippen LogP contribution in [-0.4, -0.2) is 37.5 Å². The average Bonchev–Trinajstić information content (AvgIpc) is 2.35. The smallest absolute Gasteiger partial charge is 0.242 e. The second kappa shape index (κ2) is 6.61. The van der Waals surface area contributed by atoms with Crippen molar-refractivity contribution in [3.05, 3.63) is 23.0 Å². The van der Waals surface area contributed by atoms with Crippen molar-refractivity contribution in [2.75, 3.05) is 37.3 Å². The summed E-state index contributed by atoms with van der Waals surface area (Å²) in [4.78, 5) is 15.4. The zero-order valence-electron chi connectivity index (χ0n) is 11.4. The van der Waals surface area contributed by atoms with Gasteiger partial charge >= 0.3 is 0 Å². The van der Waals surface area contributed by atoms with Crippen molar-refractivity contribution in [3.8, 4) is 0 Å². The summed E-state index contributed by atoms with van der Waals surface area (Å²) in [7, 11) is 1.72. The van der Waals surface area contributed by atoms with E-state index in [0.717, 1.165) is 6.07 Å². The number of nitrogen functional groups attached to an aromatic ring is 1. The lowest BCUT2D eigenvalue weighted by molar-refractivity contribution is -0.129. The molecule has 0 saturated carbocycles. The predicted octanol–water partition coefficient (Wildman–Crippen LogP) is 2.37. The van der Waals surface area contributed by atoms with Crippen LogP contribution in [0.15, 0.2) is 12.1 Å². The molecule has 1 amide bonds. The lowest BCUT2D eigenvalue weighted by Crippen LogP contribution is -2.39. The normalized spacial score (nSPS) is 10.4. The van der Waals surface area contributed by atoms with Crippen LogP contribution in [-0.2, 0) is 4.79 Å². The second-order valence-corrected chi connectivity index (χ2v) is 4.65. The monoisotopic (exact) mass is 287 g/mol. The van der Waals surface area contributed by atoms with Gasteiger partial charge < -0.3 is 15.5 Å². The number of anilines is 2. The molecule has 0 aliphatic carbocycles. The minimum atomic E-state index is -0.564. The van der Waals surface area contributed by atoms with Gasteiger partial charge in [-0.25, -0.2) is 4.39 Å². The number of hydrogen-bond donors (Lipinski definition) is 1. The number of benzene rings is 1. The van der Waals surface area contributed by atoms with Crippen LogP contribution in [0.4, 0.5) is 15.8 Å². The Labute approximate surface area is 117 Å². The van der Waals surface area contributed by atoms with Crippen LogP contribution in [0.3, 0.4) is 0 Å². The highest BCUT2D eigenvalue weighted by atomic mass is 35.5. The van der Waals surface area contributed by atoms with Crippen LogP contribution in [0.25, 0.3) is 0 Å². The van der Waals surface area contributed by atoms with Crippen LogP contribution >= 0.6 is 11.6 Å². The summed E-state index contributed by atoms with van der Waals surface area (Å²) < 4.78 is 13.2. The van der Waals surface area contributed by atoms with Crippen molar-refractivity contribution in [2.45, 2.75) is 13.8 Å². The van der Waals surface area contributed by atoms with E-state index in [1.165, 1.54) is 6.07 Å². The van der Waals surface area contributed by atoms with E-state index >= 15 is 0 Å². The molecule has 19 heavy (non-hydrogen) atoms. The van der Waals surface area contributed by atoms with Crippen molar-refractivity contribution < 1.29 is 9.18 Å². The molecule has 0 heterocycles. The number of hydrogen-bond acceptors (Lipinski definition) is 3. The zero-order chi connectivity index (χ0) is 14.6. The Hall–Kier alpha value is -1.49. The van der Waals surface area contributed by atoms with Gasteiger partial charge in [-0.2, -0.15) is 0 Å². The highest BCUT2D eigenvalue weighted by molar-refractivity contribution is 6.31. The number of likely N-dealkylation sites (N-methyl/N-ethyl adjacent to an activating group) is 2. The lowest BCUT2D eigenvalue weighted by Gasteiger charge is -2.25. The van der Waals surface area contributed by atoms with Crippen molar-refractivity contribution >= 4 is 28.9 Å². The minimum absolute atomic E-state index is 0.00709. The third kappa shape index (κ3) is 3.73. The first-order chi connectivity index (χ1) is 8.90. The van der Waals surface area contributed by atoms with Gasteiger partial charge in [0, 0.05) is 26.2 Å². The molecule has 0 atom stereocenters. The molecule has 1 rings (SSSR count). The van der Waals surface area contributed by atoms with Crippen molar-refractivity contribution in [3.63, 3.8) is 0 Å². The average molecular weight is 288 g/mol. The Morgan fingerprint density at radius 1 is 1.37 bits per heavy atom. The summed E-state index contributed by atoms with van der Waals surface area (Å²) in [5.41, 5.74) is 6.55. The molecule has 6 heteroatoms. The van der Waals surface area contributed by atoms with Crippen LogP contribution < -0.4 is 10.6 Å². The van der Waals surface area contributed by atoms with Gasteiger partial charge in [-0.3, -0.25) is 4.79 Å². The summed E-state index contributed by atoms with van der Waals surface area (Å²) in [6.45, 7) is 5.33. The zero-order valence-corrected chi connectivity index (χ0v) is 12.2. The predicted molar refractivity (Wildman–Crippen MR) is 77.0 cm³/mol. The second-order valence-electron chi connectivity index (χ2n) is 4.25. The molecule has 106 valence electrons. The molecule has 0 aliphatic heterocycles. The van der Waals surface area contributed by atoms with E-state index in [2.05, 4.69) is 0 Å². The van der Waals surface area contributed by atoms with Gasteiger partial charge in [-0.05, 0) is 19.9 Å². The Bertz CT molecular complexity index is 463. The highest BCUT2D eigenvalue weighted by Crippen LogP contribution is 2.28. The molecule has 0 saturated heterocycles. The minimum Gasteiger partial charge on any atom is -0.397 e. The Balaban J connectivity index is 2.86. The van der Waals surface area contributed by atoms with Gasteiger partial charge in [0.1, 0.15) is 5.82 Å². The van der Waals surface area contributed by atoms with Crippen LogP contribution in [0.5, 0.6) is 0 Å². The first kappa shape index (κ1) is 15.6. The Kier molecular flexibility index (Phi) is 5.42. The van der Waals surface area contributed by atoms with E-state index in [1.807, 2.05) is 13.8 Å². The SMILES string of the molecule is CCN(CC)C(=O)CN(C)c1cc(Cl)c(F)cc1N. The third-order valence-corrected chi connectivity index (χ3v) is 3.26. The van der Waals surface area contributed by atoms with E-state index in [9.17, 15) is 9.18 Å². The van der Waals surface area contributed by atoms with Gasteiger partial charge in [-0.15, -0.1) is 0 Å². The first-order valence-electron chi connectivity index (χ1n) is 6.14.